The second kappa shape index (κ2) is 6.65. The lowest BCUT2D eigenvalue weighted by Crippen LogP contribution is -2.07. The normalized spacial score (nSPS) is 9.12. The molecule has 3 heteroatoms. The maximum absolute atomic E-state index is 11.2. The molecule has 0 radical (unpaired) electrons. The van der Waals surface area contributed by atoms with Crippen LogP contribution in [0.2, 0.25) is 0 Å². The highest BCUT2D eigenvalue weighted by atomic mass is 16.5. The Balaban J connectivity index is 2.61. The Bertz CT molecular complexity index is 395. The third kappa shape index (κ3) is 4.16. The Labute approximate surface area is 95.1 Å². The van der Waals surface area contributed by atoms with Crippen LogP contribution >= 0.6 is 0 Å². The number of aliphatic hydroxyl groups excluding tert-OH is 1. The number of hydrogen-bond donors (Lipinski definition) is 1. The first-order chi connectivity index (χ1) is 7.76. The van der Waals surface area contributed by atoms with E-state index in [2.05, 4.69) is 11.8 Å². The number of carbonyl (C=O) groups excluding carboxylic acids is 1. The van der Waals surface area contributed by atoms with Crippen LogP contribution in [-0.2, 0) is 16.0 Å². The summed E-state index contributed by atoms with van der Waals surface area (Å²) in [4.78, 5) is 11.2. The van der Waals surface area contributed by atoms with E-state index < -0.39 is 0 Å². The minimum absolute atomic E-state index is 0.148. The van der Waals surface area contributed by atoms with E-state index in [-0.39, 0.29) is 19.0 Å². The SMILES string of the molecule is CCOC(=O)Cc1ccc(C#CCO)cc1. The minimum atomic E-state index is -0.225. The summed E-state index contributed by atoms with van der Waals surface area (Å²) in [5.74, 6) is 5.12. The fourth-order valence-electron chi connectivity index (χ4n) is 1.23. The Kier molecular flexibility index (Phi) is 5.10. The summed E-state index contributed by atoms with van der Waals surface area (Å²) in [7, 11) is 0. The molecule has 1 aromatic rings. The number of aliphatic hydroxyl groups is 1. The number of rotatable bonds is 3. The summed E-state index contributed by atoms with van der Waals surface area (Å²) in [6.07, 6.45) is 0.279. The molecule has 84 valence electrons. The molecule has 0 unspecified atom stereocenters. The van der Waals surface area contributed by atoms with Gasteiger partial charge in [0.05, 0.1) is 13.0 Å². The maximum Gasteiger partial charge on any atom is 0.310 e. The van der Waals surface area contributed by atoms with Gasteiger partial charge in [-0.2, -0.15) is 0 Å². The first kappa shape index (κ1) is 12.3. The fraction of sp³-hybridized carbons (Fsp3) is 0.308. The number of carbonyl (C=O) groups is 1. The van der Waals surface area contributed by atoms with Crippen molar-refractivity contribution in [1.29, 1.82) is 0 Å². The molecule has 0 aliphatic rings. The van der Waals surface area contributed by atoms with Gasteiger partial charge >= 0.3 is 5.97 Å². The second-order valence-electron chi connectivity index (χ2n) is 3.14. The number of hydrogen-bond acceptors (Lipinski definition) is 3. The third-order valence-electron chi connectivity index (χ3n) is 1.92. The molecular weight excluding hydrogens is 204 g/mol. The van der Waals surface area contributed by atoms with Crippen molar-refractivity contribution in [3.05, 3.63) is 35.4 Å². The Morgan fingerprint density at radius 2 is 2.06 bits per heavy atom. The van der Waals surface area contributed by atoms with Gasteiger partial charge in [-0.3, -0.25) is 4.79 Å². The molecular formula is C13H14O3. The zero-order valence-electron chi connectivity index (χ0n) is 9.19. The molecule has 0 aliphatic carbocycles. The van der Waals surface area contributed by atoms with Crippen molar-refractivity contribution in [3.8, 4) is 11.8 Å². The van der Waals surface area contributed by atoms with Gasteiger partial charge in [0, 0.05) is 5.56 Å². The van der Waals surface area contributed by atoms with Crippen molar-refractivity contribution in [3.63, 3.8) is 0 Å². The predicted molar refractivity (Wildman–Crippen MR) is 60.7 cm³/mol. The van der Waals surface area contributed by atoms with Crippen LogP contribution in [0.25, 0.3) is 0 Å². The lowest BCUT2D eigenvalue weighted by Gasteiger charge is -2.01. The standard InChI is InChI=1S/C13H14O3/c1-2-16-13(15)10-12-7-5-11(6-8-12)4-3-9-14/h5-8,14H,2,9-10H2,1H3. The summed E-state index contributed by atoms with van der Waals surface area (Å²) in [6, 6.07) is 7.30. The Morgan fingerprint density at radius 1 is 1.38 bits per heavy atom. The van der Waals surface area contributed by atoms with Crippen molar-refractivity contribution in [1.82, 2.24) is 0 Å². The molecule has 1 rings (SSSR count). The fourth-order valence-corrected chi connectivity index (χ4v) is 1.23. The molecule has 0 aliphatic heterocycles. The van der Waals surface area contributed by atoms with Crippen molar-refractivity contribution in [2.75, 3.05) is 13.2 Å². The third-order valence-corrected chi connectivity index (χ3v) is 1.92. The van der Waals surface area contributed by atoms with E-state index >= 15 is 0 Å². The Hall–Kier alpha value is -1.79. The highest BCUT2D eigenvalue weighted by Gasteiger charge is 2.02. The minimum Gasteiger partial charge on any atom is -0.466 e. The van der Waals surface area contributed by atoms with E-state index in [4.69, 9.17) is 9.84 Å². The van der Waals surface area contributed by atoms with E-state index in [1.807, 2.05) is 24.3 Å². The van der Waals surface area contributed by atoms with Crippen molar-refractivity contribution < 1.29 is 14.6 Å². The molecule has 0 fully saturated rings. The summed E-state index contributed by atoms with van der Waals surface area (Å²) in [6.45, 7) is 2.04. The second-order valence-corrected chi connectivity index (χ2v) is 3.14. The molecule has 0 heterocycles. The molecule has 0 saturated carbocycles. The van der Waals surface area contributed by atoms with Gasteiger partial charge in [-0.15, -0.1) is 0 Å². The first-order valence-corrected chi connectivity index (χ1v) is 5.10. The van der Waals surface area contributed by atoms with Gasteiger partial charge in [-0.05, 0) is 24.6 Å². The quantitative estimate of drug-likeness (QED) is 0.611. The zero-order chi connectivity index (χ0) is 11.8. The topological polar surface area (TPSA) is 46.5 Å². The van der Waals surface area contributed by atoms with Crippen LogP contribution in [0.4, 0.5) is 0 Å². The highest BCUT2D eigenvalue weighted by molar-refractivity contribution is 5.72. The molecule has 0 amide bonds. The molecule has 0 aromatic heterocycles. The van der Waals surface area contributed by atoms with Crippen LogP contribution in [0.1, 0.15) is 18.1 Å². The van der Waals surface area contributed by atoms with E-state index in [1.54, 1.807) is 6.92 Å². The van der Waals surface area contributed by atoms with Crippen molar-refractivity contribution in [2.24, 2.45) is 0 Å². The molecule has 0 bridgehead atoms. The zero-order valence-corrected chi connectivity index (χ0v) is 9.19. The summed E-state index contributed by atoms with van der Waals surface area (Å²) in [5, 5.41) is 8.53. The molecule has 1 aromatic carbocycles. The van der Waals surface area contributed by atoms with E-state index in [1.165, 1.54) is 0 Å². The van der Waals surface area contributed by atoms with Crippen LogP contribution in [0.3, 0.4) is 0 Å². The van der Waals surface area contributed by atoms with E-state index in [9.17, 15) is 4.79 Å². The Morgan fingerprint density at radius 3 is 2.62 bits per heavy atom. The first-order valence-electron chi connectivity index (χ1n) is 5.10. The monoisotopic (exact) mass is 218 g/mol. The largest absolute Gasteiger partial charge is 0.466 e. The summed E-state index contributed by atoms with van der Waals surface area (Å²) < 4.78 is 4.84. The van der Waals surface area contributed by atoms with Crippen LogP contribution < -0.4 is 0 Å². The van der Waals surface area contributed by atoms with Crippen LogP contribution in [0.5, 0.6) is 0 Å². The van der Waals surface area contributed by atoms with Gasteiger partial charge in [0.25, 0.3) is 0 Å². The molecule has 0 atom stereocenters. The van der Waals surface area contributed by atoms with Crippen molar-refractivity contribution in [2.45, 2.75) is 13.3 Å². The molecule has 0 spiro atoms. The predicted octanol–water partition coefficient (Wildman–Crippen LogP) is 1.14. The van der Waals surface area contributed by atoms with Gasteiger partial charge in [0.2, 0.25) is 0 Å². The number of esters is 1. The van der Waals surface area contributed by atoms with Gasteiger partial charge in [0.1, 0.15) is 6.61 Å². The average Bonchev–Trinajstić information content (AvgIpc) is 2.28. The smallest absolute Gasteiger partial charge is 0.310 e. The average molecular weight is 218 g/mol. The molecule has 0 saturated heterocycles. The van der Waals surface area contributed by atoms with Crippen LogP contribution in [-0.4, -0.2) is 24.3 Å². The molecule has 3 nitrogen and oxygen atoms in total. The maximum atomic E-state index is 11.2. The van der Waals surface area contributed by atoms with Crippen molar-refractivity contribution >= 4 is 5.97 Å². The van der Waals surface area contributed by atoms with Gasteiger partial charge in [-0.1, -0.05) is 24.0 Å². The number of ether oxygens (including phenoxy) is 1. The van der Waals surface area contributed by atoms with Gasteiger partial charge in [-0.25, -0.2) is 0 Å². The lowest BCUT2D eigenvalue weighted by molar-refractivity contribution is -0.142. The number of benzene rings is 1. The van der Waals surface area contributed by atoms with Gasteiger partial charge < -0.3 is 9.84 Å². The summed E-state index contributed by atoms with van der Waals surface area (Å²) in [5.41, 5.74) is 1.72. The molecule has 1 N–H and O–H groups in total. The van der Waals surface area contributed by atoms with Gasteiger partial charge in [0.15, 0.2) is 0 Å². The summed E-state index contributed by atoms with van der Waals surface area (Å²) >= 11 is 0. The van der Waals surface area contributed by atoms with E-state index in [0.717, 1.165) is 11.1 Å². The van der Waals surface area contributed by atoms with E-state index in [0.29, 0.717) is 6.61 Å². The molecule has 16 heavy (non-hydrogen) atoms. The highest BCUT2D eigenvalue weighted by Crippen LogP contribution is 2.04. The lowest BCUT2D eigenvalue weighted by atomic mass is 10.1. The van der Waals surface area contributed by atoms with Crippen LogP contribution in [0, 0.1) is 11.8 Å². The van der Waals surface area contributed by atoms with Crippen LogP contribution in [0.15, 0.2) is 24.3 Å².